The van der Waals surface area contributed by atoms with Crippen LogP contribution in [0.4, 0.5) is 4.79 Å². The number of hydrogen-bond donors (Lipinski definition) is 3. The molecule has 0 aliphatic heterocycles. The highest BCUT2D eigenvalue weighted by atomic mass is 16.3. The van der Waals surface area contributed by atoms with Crippen molar-refractivity contribution in [3.63, 3.8) is 0 Å². The highest BCUT2D eigenvalue weighted by Gasteiger charge is 2.20. The molecule has 8 nitrogen and oxygen atoms in total. The van der Waals surface area contributed by atoms with Crippen molar-refractivity contribution in [3.8, 4) is 0 Å². The molecule has 106 valence electrons. The Kier molecular flexibility index (Phi) is 4.60. The molecule has 1 aromatic rings. The number of nitrogens with one attached hydrogen (secondary N) is 2. The lowest BCUT2D eigenvalue weighted by Crippen LogP contribution is -2.43. The van der Waals surface area contributed by atoms with Crippen LogP contribution in [0.25, 0.3) is 0 Å². The number of hydrogen-bond acceptors (Lipinski definition) is 5. The molecule has 0 saturated heterocycles. The first-order valence-corrected chi connectivity index (χ1v) is 5.92. The van der Waals surface area contributed by atoms with Crippen molar-refractivity contribution >= 4 is 11.9 Å². The van der Waals surface area contributed by atoms with E-state index >= 15 is 0 Å². The molecule has 0 atom stereocenters. The van der Waals surface area contributed by atoms with Crippen LogP contribution in [0.1, 0.15) is 33.4 Å². The summed E-state index contributed by atoms with van der Waals surface area (Å²) >= 11 is 0. The molecule has 1 aromatic heterocycles. The maximum Gasteiger partial charge on any atom is 0.321 e. The summed E-state index contributed by atoms with van der Waals surface area (Å²) in [5, 5.41) is 21.9. The number of nitrogens with zero attached hydrogens (tertiary/aromatic N) is 3. The van der Waals surface area contributed by atoms with Gasteiger partial charge < -0.3 is 10.4 Å². The first kappa shape index (κ1) is 15.1. The van der Waals surface area contributed by atoms with Gasteiger partial charge in [0.05, 0.1) is 6.20 Å². The van der Waals surface area contributed by atoms with Crippen molar-refractivity contribution in [2.24, 2.45) is 0 Å². The smallest absolute Gasteiger partial charge is 0.321 e. The molecule has 3 N–H and O–H groups in total. The molecule has 1 rings (SSSR count). The van der Waals surface area contributed by atoms with Gasteiger partial charge in [0.15, 0.2) is 0 Å². The highest BCUT2D eigenvalue weighted by molar-refractivity contribution is 5.94. The van der Waals surface area contributed by atoms with Gasteiger partial charge in [-0.2, -0.15) is 0 Å². The van der Waals surface area contributed by atoms with Crippen molar-refractivity contribution in [1.82, 2.24) is 25.6 Å². The van der Waals surface area contributed by atoms with Gasteiger partial charge in [0, 0.05) is 6.04 Å². The van der Waals surface area contributed by atoms with E-state index in [4.69, 9.17) is 0 Å². The topological polar surface area (TPSA) is 109 Å². The van der Waals surface area contributed by atoms with Crippen molar-refractivity contribution in [2.75, 3.05) is 0 Å². The molecule has 0 aromatic carbocycles. The third kappa shape index (κ3) is 5.04. The average Bonchev–Trinajstić information content (AvgIpc) is 2.63. The highest BCUT2D eigenvalue weighted by Crippen LogP contribution is 2.15. The minimum Gasteiger partial charge on any atom is -0.384 e. The third-order valence-corrected chi connectivity index (χ3v) is 2.14. The van der Waals surface area contributed by atoms with E-state index in [2.05, 4.69) is 20.9 Å². The Hall–Kier alpha value is -1.96. The van der Waals surface area contributed by atoms with Gasteiger partial charge in [-0.05, 0) is 27.7 Å². The molecule has 0 aliphatic carbocycles. The summed E-state index contributed by atoms with van der Waals surface area (Å²) in [5.41, 5.74) is -0.768. The van der Waals surface area contributed by atoms with Crippen LogP contribution >= 0.6 is 0 Å². The van der Waals surface area contributed by atoms with Crippen molar-refractivity contribution < 1.29 is 14.7 Å². The molecule has 19 heavy (non-hydrogen) atoms. The van der Waals surface area contributed by atoms with Gasteiger partial charge in [0.25, 0.3) is 0 Å². The van der Waals surface area contributed by atoms with Crippen molar-refractivity contribution in [3.05, 3.63) is 11.9 Å². The number of carbonyl (C=O) groups is 2. The fourth-order valence-corrected chi connectivity index (χ4v) is 1.27. The summed E-state index contributed by atoms with van der Waals surface area (Å²) in [5.74, 6) is -0.509. The van der Waals surface area contributed by atoms with Crippen LogP contribution in [0.2, 0.25) is 0 Å². The molecule has 0 saturated carbocycles. The second-order valence-corrected chi connectivity index (χ2v) is 5.04. The minimum atomic E-state index is -1.12. The Morgan fingerprint density at radius 2 is 2.11 bits per heavy atom. The minimum absolute atomic E-state index is 0.0547. The predicted octanol–water partition coefficient (Wildman–Crippen LogP) is -0.260. The van der Waals surface area contributed by atoms with E-state index in [1.54, 1.807) is 27.7 Å². The van der Waals surface area contributed by atoms with Gasteiger partial charge in [-0.1, -0.05) is 5.21 Å². The molecule has 1 heterocycles. The number of imide groups is 1. The largest absolute Gasteiger partial charge is 0.384 e. The van der Waals surface area contributed by atoms with Gasteiger partial charge in [-0.25, -0.2) is 9.48 Å². The molecule has 0 fully saturated rings. The fraction of sp³-hybridized carbons (Fsp3) is 0.636. The Balaban J connectivity index is 2.53. The molecule has 0 aliphatic rings. The number of amides is 3. The maximum atomic E-state index is 11.5. The Morgan fingerprint density at radius 1 is 1.47 bits per heavy atom. The Labute approximate surface area is 111 Å². The van der Waals surface area contributed by atoms with Crippen LogP contribution in [0.5, 0.6) is 0 Å². The quantitative estimate of drug-likeness (QED) is 0.697. The molecule has 0 radical (unpaired) electrons. The molecule has 0 unspecified atom stereocenters. The predicted molar refractivity (Wildman–Crippen MR) is 67.1 cm³/mol. The van der Waals surface area contributed by atoms with Crippen LogP contribution in [0.15, 0.2) is 6.20 Å². The van der Waals surface area contributed by atoms with Gasteiger partial charge in [0.1, 0.15) is 17.8 Å². The van der Waals surface area contributed by atoms with E-state index in [-0.39, 0.29) is 12.6 Å². The van der Waals surface area contributed by atoms with Gasteiger partial charge in [-0.3, -0.25) is 10.1 Å². The van der Waals surface area contributed by atoms with Crippen LogP contribution in [-0.2, 0) is 16.9 Å². The van der Waals surface area contributed by atoms with E-state index in [9.17, 15) is 14.7 Å². The van der Waals surface area contributed by atoms with Crippen LogP contribution in [0, 0.1) is 0 Å². The lowest BCUT2D eigenvalue weighted by Gasteiger charge is -2.11. The second kappa shape index (κ2) is 5.79. The summed E-state index contributed by atoms with van der Waals surface area (Å²) < 4.78 is 1.26. The molecule has 0 spiro atoms. The normalized spacial score (nSPS) is 11.5. The molecular weight excluding hydrogens is 250 g/mol. The zero-order valence-corrected chi connectivity index (χ0v) is 11.5. The summed E-state index contributed by atoms with van der Waals surface area (Å²) in [7, 11) is 0. The monoisotopic (exact) mass is 269 g/mol. The first-order chi connectivity index (χ1) is 8.68. The molecule has 3 amide bonds. The fourth-order valence-electron chi connectivity index (χ4n) is 1.27. The lowest BCUT2D eigenvalue weighted by molar-refractivity contribution is -0.120. The molecule has 8 heteroatoms. The van der Waals surface area contributed by atoms with Crippen LogP contribution in [-0.4, -0.2) is 38.1 Å². The number of carbonyl (C=O) groups excluding carboxylic acids is 2. The maximum absolute atomic E-state index is 11.5. The standard InChI is InChI=1S/C11H19N5O3/c1-7(2)12-10(18)13-9(17)6-16-5-8(14-15-16)11(3,4)19/h5,7,19H,6H2,1-4H3,(H2,12,13,17,18). The van der Waals surface area contributed by atoms with Crippen molar-refractivity contribution in [2.45, 2.75) is 45.9 Å². The van der Waals surface area contributed by atoms with Gasteiger partial charge in [-0.15, -0.1) is 5.10 Å². The number of aromatic nitrogens is 3. The van der Waals surface area contributed by atoms with Crippen LogP contribution in [0.3, 0.4) is 0 Å². The summed E-state index contributed by atoms with van der Waals surface area (Å²) in [6.45, 7) is 6.57. The first-order valence-electron chi connectivity index (χ1n) is 5.92. The van der Waals surface area contributed by atoms with Gasteiger partial charge in [0.2, 0.25) is 5.91 Å². The Bertz CT molecular complexity index is 461. The molecule has 0 bridgehead atoms. The SMILES string of the molecule is CC(C)NC(=O)NC(=O)Cn1cc(C(C)(C)O)nn1. The average molecular weight is 269 g/mol. The van der Waals surface area contributed by atoms with E-state index < -0.39 is 17.5 Å². The third-order valence-electron chi connectivity index (χ3n) is 2.14. The van der Waals surface area contributed by atoms with Gasteiger partial charge >= 0.3 is 6.03 Å². The van der Waals surface area contributed by atoms with Crippen molar-refractivity contribution in [1.29, 1.82) is 0 Å². The summed E-state index contributed by atoms with van der Waals surface area (Å²) in [6, 6.07) is -0.608. The Morgan fingerprint density at radius 3 is 2.58 bits per heavy atom. The number of rotatable bonds is 4. The van der Waals surface area contributed by atoms with E-state index in [0.717, 1.165) is 0 Å². The van der Waals surface area contributed by atoms with Crippen LogP contribution < -0.4 is 10.6 Å². The number of urea groups is 1. The van der Waals surface area contributed by atoms with E-state index in [0.29, 0.717) is 5.69 Å². The summed E-state index contributed by atoms with van der Waals surface area (Å²) in [6.07, 6.45) is 1.46. The zero-order valence-electron chi connectivity index (χ0n) is 11.5. The molecular formula is C11H19N5O3. The summed E-state index contributed by atoms with van der Waals surface area (Å²) in [4.78, 5) is 22.8. The van der Waals surface area contributed by atoms with E-state index in [1.807, 2.05) is 0 Å². The second-order valence-electron chi connectivity index (χ2n) is 5.04. The zero-order chi connectivity index (χ0) is 14.6. The number of aliphatic hydroxyl groups is 1. The van der Waals surface area contributed by atoms with E-state index in [1.165, 1.54) is 10.9 Å². The lowest BCUT2D eigenvalue weighted by atomic mass is 10.1.